The van der Waals surface area contributed by atoms with E-state index in [0.717, 1.165) is 26.4 Å². The van der Waals surface area contributed by atoms with Gasteiger partial charge in [-0.2, -0.15) is 0 Å². The molecule has 13 heavy (non-hydrogen) atoms. The number of nitrogens with one attached hydrogen (secondary N) is 1. The summed E-state index contributed by atoms with van der Waals surface area (Å²) in [5.41, 5.74) is 0. The van der Waals surface area contributed by atoms with Gasteiger partial charge in [0.05, 0.1) is 18.9 Å². The van der Waals surface area contributed by atoms with Crippen LogP contribution in [-0.4, -0.2) is 49.7 Å². The van der Waals surface area contributed by atoms with Gasteiger partial charge < -0.3 is 9.47 Å². The number of ether oxygens (including phenoxy) is 2. The summed E-state index contributed by atoms with van der Waals surface area (Å²) in [6.07, 6.45) is 0.925. The van der Waals surface area contributed by atoms with E-state index in [1.54, 1.807) is 0 Å². The van der Waals surface area contributed by atoms with E-state index in [4.69, 9.17) is 9.47 Å². The summed E-state index contributed by atoms with van der Waals surface area (Å²) >= 11 is 0. The van der Waals surface area contributed by atoms with Crippen molar-refractivity contribution in [1.82, 2.24) is 10.2 Å². The molecule has 1 N–H and O–H groups in total. The van der Waals surface area contributed by atoms with Gasteiger partial charge >= 0.3 is 0 Å². The molecule has 4 nitrogen and oxygen atoms in total. The second-order valence-electron chi connectivity index (χ2n) is 3.99. The molecular formula is C9H18N2O2. The molecule has 0 aromatic carbocycles. The predicted molar refractivity (Wildman–Crippen MR) is 49.3 cm³/mol. The highest BCUT2D eigenvalue weighted by molar-refractivity contribution is 4.75. The second-order valence-corrected chi connectivity index (χ2v) is 3.99. The summed E-state index contributed by atoms with van der Waals surface area (Å²) in [6.45, 7) is 7.87. The first-order chi connectivity index (χ1) is 6.24. The van der Waals surface area contributed by atoms with Crippen LogP contribution in [0.2, 0.25) is 0 Å². The van der Waals surface area contributed by atoms with Crippen LogP contribution in [0, 0.1) is 0 Å². The summed E-state index contributed by atoms with van der Waals surface area (Å²) < 4.78 is 11.1. The van der Waals surface area contributed by atoms with Gasteiger partial charge in [-0.15, -0.1) is 0 Å². The summed E-state index contributed by atoms with van der Waals surface area (Å²) in [7, 11) is 0. The van der Waals surface area contributed by atoms with Crippen molar-refractivity contribution in [3.63, 3.8) is 0 Å². The molecule has 3 unspecified atom stereocenters. The highest BCUT2D eigenvalue weighted by Gasteiger charge is 2.26. The number of hydrogen-bond acceptors (Lipinski definition) is 4. The normalized spacial score (nSPS) is 41.5. The molecule has 0 radical (unpaired) electrons. The third kappa shape index (κ3) is 2.40. The van der Waals surface area contributed by atoms with Crippen molar-refractivity contribution in [3.8, 4) is 0 Å². The smallest absolute Gasteiger partial charge is 0.121 e. The van der Waals surface area contributed by atoms with Gasteiger partial charge in [0.25, 0.3) is 0 Å². The lowest BCUT2D eigenvalue weighted by Crippen LogP contribution is -2.37. The zero-order valence-electron chi connectivity index (χ0n) is 8.32. The second kappa shape index (κ2) is 3.92. The van der Waals surface area contributed by atoms with Gasteiger partial charge in [0.2, 0.25) is 0 Å². The van der Waals surface area contributed by atoms with E-state index >= 15 is 0 Å². The van der Waals surface area contributed by atoms with Gasteiger partial charge in [0.15, 0.2) is 0 Å². The molecular weight excluding hydrogens is 168 g/mol. The minimum absolute atomic E-state index is 0.198. The first kappa shape index (κ1) is 9.40. The molecule has 0 amide bonds. The molecule has 2 heterocycles. The highest BCUT2D eigenvalue weighted by atomic mass is 16.5. The van der Waals surface area contributed by atoms with Crippen LogP contribution in [0.4, 0.5) is 0 Å². The van der Waals surface area contributed by atoms with Gasteiger partial charge in [-0.05, 0) is 13.8 Å². The molecule has 0 saturated carbocycles. The fourth-order valence-electron chi connectivity index (χ4n) is 1.85. The summed E-state index contributed by atoms with van der Waals surface area (Å²) in [4.78, 5) is 2.28. The van der Waals surface area contributed by atoms with Gasteiger partial charge in [-0.3, -0.25) is 10.2 Å². The monoisotopic (exact) mass is 186 g/mol. The van der Waals surface area contributed by atoms with Crippen LogP contribution in [0.25, 0.3) is 0 Å². The molecule has 0 aliphatic carbocycles. The van der Waals surface area contributed by atoms with Gasteiger partial charge in [-0.25, -0.2) is 0 Å². The van der Waals surface area contributed by atoms with Crippen LogP contribution >= 0.6 is 0 Å². The lowest BCUT2D eigenvalue weighted by molar-refractivity contribution is 0.0190. The molecule has 2 saturated heterocycles. The highest BCUT2D eigenvalue weighted by Crippen LogP contribution is 2.11. The molecule has 76 valence electrons. The molecule has 0 aromatic rings. The Labute approximate surface area is 79.2 Å². The van der Waals surface area contributed by atoms with Crippen LogP contribution in [0.3, 0.4) is 0 Å². The minimum Gasteiger partial charge on any atom is -0.362 e. The van der Waals surface area contributed by atoms with Crippen LogP contribution < -0.4 is 5.32 Å². The minimum atomic E-state index is 0.198. The van der Waals surface area contributed by atoms with Gasteiger partial charge in [0, 0.05) is 19.6 Å². The van der Waals surface area contributed by atoms with E-state index in [-0.39, 0.29) is 6.23 Å². The quantitative estimate of drug-likeness (QED) is 0.658. The molecule has 0 bridgehead atoms. The summed E-state index contributed by atoms with van der Waals surface area (Å²) in [6, 6.07) is 0. The van der Waals surface area contributed by atoms with Crippen LogP contribution in [0.15, 0.2) is 0 Å². The van der Waals surface area contributed by atoms with Crippen molar-refractivity contribution in [1.29, 1.82) is 0 Å². The lowest BCUT2D eigenvalue weighted by atomic mass is 10.4. The maximum Gasteiger partial charge on any atom is 0.121 e. The van der Waals surface area contributed by atoms with E-state index in [1.165, 1.54) is 0 Å². The van der Waals surface area contributed by atoms with Crippen molar-refractivity contribution >= 4 is 0 Å². The third-order valence-corrected chi connectivity index (χ3v) is 2.51. The fraction of sp³-hybridized carbons (Fsp3) is 1.00. The Morgan fingerprint density at radius 3 is 2.77 bits per heavy atom. The van der Waals surface area contributed by atoms with Crippen molar-refractivity contribution < 1.29 is 9.47 Å². The average molecular weight is 186 g/mol. The van der Waals surface area contributed by atoms with Gasteiger partial charge in [0.1, 0.15) is 6.23 Å². The van der Waals surface area contributed by atoms with Crippen molar-refractivity contribution in [2.75, 3.05) is 26.4 Å². The maximum atomic E-state index is 5.65. The molecule has 0 aromatic heterocycles. The van der Waals surface area contributed by atoms with Crippen LogP contribution in [0.1, 0.15) is 13.8 Å². The number of hydrogen-bond donors (Lipinski definition) is 1. The Morgan fingerprint density at radius 2 is 2.23 bits per heavy atom. The van der Waals surface area contributed by atoms with Gasteiger partial charge in [-0.1, -0.05) is 0 Å². The number of nitrogens with zero attached hydrogens (tertiary/aromatic N) is 1. The summed E-state index contributed by atoms with van der Waals surface area (Å²) in [5.74, 6) is 0. The maximum absolute atomic E-state index is 5.65. The standard InChI is InChI=1S/C9H18N2O2/c1-7-3-10-9(13-7)5-11-4-8(2)12-6-11/h7-10H,3-6H2,1-2H3. The molecule has 4 heteroatoms. The topological polar surface area (TPSA) is 33.7 Å². The van der Waals surface area contributed by atoms with Crippen molar-refractivity contribution in [2.24, 2.45) is 0 Å². The Morgan fingerprint density at radius 1 is 1.38 bits per heavy atom. The van der Waals surface area contributed by atoms with E-state index in [9.17, 15) is 0 Å². The molecule has 2 rings (SSSR count). The Hall–Kier alpha value is -0.160. The Balaban J connectivity index is 1.72. The fourth-order valence-corrected chi connectivity index (χ4v) is 1.85. The summed E-state index contributed by atoms with van der Waals surface area (Å²) in [5, 5.41) is 3.33. The Kier molecular flexibility index (Phi) is 2.83. The third-order valence-electron chi connectivity index (χ3n) is 2.51. The first-order valence-electron chi connectivity index (χ1n) is 4.97. The molecule has 3 atom stereocenters. The zero-order chi connectivity index (χ0) is 9.26. The van der Waals surface area contributed by atoms with Crippen LogP contribution in [0.5, 0.6) is 0 Å². The van der Waals surface area contributed by atoms with E-state index in [0.29, 0.717) is 12.2 Å². The lowest BCUT2D eigenvalue weighted by Gasteiger charge is -2.18. The van der Waals surface area contributed by atoms with Crippen molar-refractivity contribution in [3.05, 3.63) is 0 Å². The van der Waals surface area contributed by atoms with Crippen molar-refractivity contribution in [2.45, 2.75) is 32.3 Å². The largest absolute Gasteiger partial charge is 0.362 e. The van der Waals surface area contributed by atoms with Crippen LogP contribution in [-0.2, 0) is 9.47 Å². The SMILES string of the molecule is CC1CN(CC2NCC(C)O2)CO1. The molecule has 2 fully saturated rings. The first-order valence-corrected chi connectivity index (χ1v) is 4.97. The van der Waals surface area contributed by atoms with E-state index in [1.807, 2.05) is 0 Å². The predicted octanol–water partition coefficient (Wildman–Crippen LogP) is -0.00100. The molecule has 0 spiro atoms. The van der Waals surface area contributed by atoms with E-state index < -0.39 is 0 Å². The van der Waals surface area contributed by atoms with E-state index in [2.05, 4.69) is 24.1 Å². The Bertz CT molecular complexity index is 159. The molecule has 2 aliphatic heterocycles. The number of rotatable bonds is 2. The molecule has 2 aliphatic rings. The zero-order valence-corrected chi connectivity index (χ0v) is 8.32. The average Bonchev–Trinajstić information content (AvgIpc) is 2.62.